The smallest absolute Gasteiger partial charge is 0.154 e. The summed E-state index contributed by atoms with van der Waals surface area (Å²) in [6, 6.07) is 7.84. The van der Waals surface area contributed by atoms with Crippen LogP contribution in [0.3, 0.4) is 0 Å². The lowest BCUT2D eigenvalue weighted by atomic mass is 10.1. The first-order valence-corrected chi connectivity index (χ1v) is 6.32. The number of aromatic nitrogens is 1. The summed E-state index contributed by atoms with van der Waals surface area (Å²) in [6.45, 7) is 0. The van der Waals surface area contributed by atoms with Crippen LogP contribution in [-0.4, -0.2) is 4.98 Å². The molecule has 0 fully saturated rings. The lowest BCUT2D eigenvalue weighted by molar-refractivity contribution is 1.22. The minimum atomic E-state index is 0.345. The molecule has 5 heteroatoms. The first-order chi connectivity index (χ1) is 7.79. The molecule has 1 aromatic carbocycles. The fourth-order valence-corrected chi connectivity index (χ4v) is 2.91. The topological polar surface area (TPSA) is 62.7 Å². The maximum absolute atomic E-state index is 8.67. The summed E-state index contributed by atoms with van der Waals surface area (Å²) in [5, 5.41) is 10.6. The molecule has 0 unspecified atom stereocenters. The molecule has 0 saturated heterocycles. The number of thiazole rings is 1. The Morgan fingerprint density at radius 3 is 3.06 bits per heavy atom. The predicted molar refractivity (Wildman–Crippen MR) is 66.4 cm³/mol. The summed E-state index contributed by atoms with van der Waals surface area (Å²) >= 11 is 3.18. The molecular weight excluding hydrogens is 238 g/mol. The third-order valence-electron chi connectivity index (χ3n) is 2.00. The molecule has 2 aromatic rings. The molecule has 80 valence electrons. The Labute approximate surface area is 102 Å². The molecule has 0 bridgehead atoms. The van der Waals surface area contributed by atoms with Gasteiger partial charge in [-0.25, -0.2) is 4.98 Å². The van der Waals surface area contributed by atoms with Crippen LogP contribution in [0.25, 0.3) is 0 Å². The van der Waals surface area contributed by atoms with Gasteiger partial charge in [-0.15, -0.1) is 11.3 Å². The maximum atomic E-state index is 8.67. The number of hydrogen-bond acceptors (Lipinski definition) is 5. The van der Waals surface area contributed by atoms with Crippen molar-refractivity contribution >= 4 is 28.8 Å². The minimum Gasteiger partial charge on any atom is -0.398 e. The average Bonchev–Trinajstić information content (AvgIpc) is 2.76. The van der Waals surface area contributed by atoms with Gasteiger partial charge in [0.2, 0.25) is 0 Å². The van der Waals surface area contributed by atoms with Crippen LogP contribution in [0, 0.1) is 11.3 Å². The van der Waals surface area contributed by atoms with Crippen LogP contribution in [0.5, 0.6) is 0 Å². The normalized spacial score (nSPS) is 9.94. The van der Waals surface area contributed by atoms with Gasteiger partial charge >= 0.3 is 0 Å². The molecule has 0 saturated carbocycles. The molecule has 0 amide bonds. The second kappa shape index (κ2) is 5.01. The number of rotatable bonds is 3. The van der Waals surface area contributed by atoms with Crippen LogP contribution in [0.2, 0.25) is 0 Å². The highest BCUT2D eigenvalue weighted by Crippen LogP contribution is 2.31. The van der Waals surface area contributed by atoms with Crippen molar-refractivity contribution in [3.05, 3.63) is 35.3 Å². The summed E-state index contributed by atoms with van der Waals surface area (Å²) < 4.78 is 0.993. The molecule has 16 heavy (non-hydrogen) atoms. The van der Waals surface area contributed by atoms with E-state index in [2.05, 4.69) is 11.1 Å². The van der Waals surface area contributed by atoms with E-state index in [0.717, 1.165) is 14.8 Å². The van der Waals surface area contributed by atoms with Gasteiger partial charge in [-0.1, -0.05) is 11.8 Å². The predicted octanol–water partition coefficient (Wildman–Crippen LogP) is 2.94. The van der Waals surface area contributed by atoms with Crippen molar-refractivity contribution in [3.63, 3.8) is 0 Å². The Kier molecular flexibility index (Phi) is 3.44. The van der Waals surface area contributed by atoms with Crippen molar-refractivity contribution in [2.24, 2.45) is 0 Å². The van der Waals surface area contributed by atoms with Crippen molar-refractivity contribution in [3.8, 4) is 6.07 Å². The number of nitriles is 1. The van der Waals surface area contributed by atoms with E-state index in [0.29, 0.717) is 12.1 Å². The maximum Gasteiger partial charge on any atom is 0.154 e. The Hall–Kier alpha value is -1.51. The minimum absolute atomic E-state index is 0.345. The summed E-state index contributed by atoms with van der Waals surface area (Å²) in [5.41, 5.74) is 7.33. The van der Waals surface area contributed by atoms with Gasteiger partial charge in [-0.3, -0.25) is 0 Å². The lowest BCUT2D eigenvalue weighted by Gasteiger charge is -2.04. The molecule has 0 spiro atoms. The van der Waals surface area contributed by atoms with Crippen LogP contribution in [-0.2, 0) is 6.42 Å². The largest absolute Gasteiger partial charge is 0.398 e. The first kappa shape index (κ1) is 11.0. The van der Waals surface area contributed by atoms with Crippen molar-refractivity contribution in [1.29, 1.82) is 5.26 Å². The van der Waals surface area contributed by atoms with E-state index in [1.54, 1.807) is 29.3 Å². The van der Waals surface area contributed by atoms with Crippen LogP contribution >= 0.6 is 23.1 Å². The first-order valence-electron chi connectivity index (χ1n) is 4.62. The SMILES string of the molecule is N#CCc1cc(Sc2nccs2)ccc1N. The average molecular weight is 247 g/mol. The van der Waals surface area contributed by atoms with Crippen LogP contribution < -0.4 is 5.73 Å². The van der Waals surface area contributed by atoms with Gasteiger partial charge < -0.3 is 5.73 Å². The zero-order valence-corrected chi connectivity index (χ0v) is 10.0. The third kappa shape index (κ3) is 2.54. The molecule has 0 atom stereocenters. The Morgan fingerprint density at radius 1 is 1.50 bits per heavy atom. The Balaban J connectivity index is 2.23. The van der Waals surface area contributed by atoms with E-state index in [1.807, 2.05) is 23.6 Å². The summed E-state index contributed by atoms with van der Waals surface area (Å²) in [5.74, 6) is 0. The van der Waals surface area contributed by atoms with E-state index in [4.69, 9.17) is 11.0 Å². The van der Waals surface area contributed by atoms with Gasteiger partial charge in [0.15, 0.2) is 4.34 Å². The van der Waals surface area contributed by atoms with Gasteiger partial charge in [-0.05, 0) is 23.8 Å². The molecule has 1 heterocycles. The van der Waals surface area contributed by atoms with E-state index < -0.39 is 0 Å². The Bertz CT molecular complexity index is 515. The fraction of sp³-hybridized carbons (Fsp3) is 0.0909. The molecule has 0 aliphatic rings. The van der Waals surface area contributed by atoms with Gasteiger partial charge in [0.1, 0.15) is 0 Å². The second-order valence-corrected chi connectivity index (χ2v) is 5.31. The summed E-state index contributed by atoms with van der Waals surface area (Å²) in [7, 11) is 0. The molecule has 1 aromatic heterocycles. The summed E-state index contributed by atoms with van der Waals surface area (Å²) in [6.07, 6.45) is 2.12. The number of benzene rings is 1. The molecular formula is C11H9N3S2. The van der Waals surface area contributed by atoms with Crippen molar-refractivity contribution < 1.29 is 0 Å². The Morgan fingerprint density at radius 2 is 2.38 bits per heavy atom. The second-order valence-electron chi connectivity index (χ2n) is 3.10. The molecule has 2 rings (SSSR count). The monoisotopic (exact) mass is 247 g/mol. The fourth-order valence-electron chi connectivity index (χ4n) is 1.25. The third-order valence-corrected chi connectivity index (χ3v) is 3.87. The highest BCUT2D eigenvalue weighted by molar-refractivity contribution is 8.01. The number of hydrogen-bond donors (Lipinski definition) is 1. The van der Waals surface area contributed by atoms with E-state index >= 15 is 0 Å². The number of nitrogens with zero attached hydrogens (tertiary/aromatic N) is 2. The van der Waals surface area contributed by atoms with Gasteiger partial charge in [0, 0.05) is 22.2 Å². The van der Waals surface area contributed by atoms with Crippen molar-refractivity contribution in [2.75, 3.05) is 5.73 Å². The highest BCUT2D eigenvalue weighted by atomic mass is 32.2. The lowest BCUT2D eigenvalue weighted by Crippen LogP contribution is -1.93. The van der Waals surface area contributed by atoms with Crippen molar-refractivity contribution in [1.82, 2.24) is 4.98 Å². The molecule has 0 aliphatic heterocycles. The van der Waals surface area contributed by atoms with Gasteiger partial charge in [-0.2, -0.15) is 5.26 Å². The standard InChI is InChI=1S/C11H9N3S2/c12-4-3-8-7-9(1-2-10(8)13)16-11-14-5-6-15-11/h1-2,5-7H,3,13H2. The van der Waals surface area contributed by atoms with E-state index in [-0.39, 0.29) is 0 Å². The van der Waals surface area contributed by atoms with Gasteiger partial charge in [0.25, 0.3) is 0 Å². The highest BCUT2D eigenvalue weighted by Gasteiger charge is 2.03. The zero-order chi connectivity index (χ0) is 11.4. The summed E-state index contributed by atoms with van der Waals surface area (Å²) in [4.78, 5) is 5.26. The number of anilines is 1. The molecule has 0 radical (unpaired) electrons. The number of nitrogens with two attached hydrogens (primary N) is 1. The zero-order valence-electron chi connectivity index (χ0n) is 8.38. The quantitative estimate of drug-likeness (QED) is 0.847. The molecule has 0 aliphatic carbocycles. The van der Waals surface area contributed by atoms with Crippen LogP contribution in [0.1, 0.15) is 5.56 Å². The van der Waals surface area contributed by atoms with E-state index in [9.17, 15) is 0 Å². The van der Waals surface area contributed by atoms with Gasteiger partial charge in [0.05, 0.1) is 12.5 Å². The molecule has 2 N–H and O–H groups in total. The molecule has 3 nitrogen and oxygen atoms in total. The van der Waals surface area contributed by atoms with Crippen LogP contribution in [0.4, 0.5) is 5.69 Å². The van der Waals surface area contributed by atoms with Crippen LogP contribution in [0.15, 0.2) is 39.0 Å². The van der Waals surface area contributed by atoms with Crippen molar-refractivity contribution in [2.45, 2.75) is 15.7 Å². The van der Waals surface area contributed by atoms with E-state index in [1.165, 1.54) is 0 Å². The number of nitrogen functional groups attached to an aromatic ring is 1.